The lowest BCUT2D eigenvalue weighted by atomic mass is 10.1. The highest BCUT2D eigenvalue weighted by molar-refractivity contribution is 7.52. The van der Waals surface area contributed by atoms with Crippen molar-refractivity contribution < 1.29 is 42.2 Å². The standard InChI is InChI=1S/C29H20Cl2F2N3O7P/c30-24-12-11-21(15-25(24)31)36(16-17-7-9-20(10-8-17)29(32,33)44(39,40)41)28-35-34-26(43-28)18-3-1-5-22(13-18)42-23-6-2-4-19(14-23)27(37)38/h1-15H,16H2,(H,37,38)(H2,39,40,41). The van der Waals surface area contributed by atoms with Crippen molar-refractivity contribution >= 4 is 48.5 Å². The van der Waals surface area contributed by atoms with E-state index in [1.165, 1.54) is 24.3 Å². The fraction of sp³-hybridized carbons (Fsp3) is 0.0690. The number of benzene rings is 4. The van der Waals surface area contributed by atoms with Gasteiger partial charge in [-0.05, 0) is 60.2 Å². The van der Waals surface area contributed by atoms with Gasteiger partial charge >= 0.3 is 25.2 Å². The van der Waals surface area contributed by atoms with Crippen molar-refractivity contribution in [1.29, 1.82) is 0 Å². The van der Waals surface area contributed by atoms with Crippen LogP contribution < -0.4 is 9.64 Å². The Kier molecular flexibility index (Phi) is 8.73. The highest BCUT2D eigenvalue weighted by Crippen LogP contribution is 2.59. The number of carbonyl (C=O) groups is 1. The molecule has 0 aliphatic carbocycles. The van der Waals surface area contributed by atoms with E-state index in [0.717, 1.165) is 12.1 Å². The molecule has 0 unspecified atom stereocenters. The number of alkyl halides is 2. The molecule has 1 heterocycles. The molecule has 0 aliphatic heterocycles. The number of carboxylic acids is 1. The third kappa shape index (κ3) is 6.75. The van der Waals surface area contributed by atoms with Gasteiger partial charge in [0, 0.05) is 16.8 Å². The minimum atomic E-state index is -5.73. The van der Waals surface area contributed by atoms with Gasteiger partial charge in [-0.2, -0.15) is 8.78 Å². The number of carboxylic acid groups (broad SMARTS) is 1. The summed E-state index contributed by atoms with van der Waals surface area (Å²) in [6, 6.07) is 21.8. The van der Waals surface area contributed by atoms with E-state index in [4.69, 9.17) is 42.1 Å². The fourth-order valence-electron chi connectivity index (χ4n) is 4.05. The first-order valence-electron chi connectivity index (χ1n) is 12.5. The van der Waals surface area contributed by atoms with Crippen molar-refractivity contribution in [3.05, 3.63) is 118 Å². The molecule has 5 aromatic rings. The molecular weight excluding hydrogens is 642 g/mol. The van der Waals surface area contributed by atoms with Crippen LogP contribution >= 0.6 is 30.8 Å². The Morgan fingerprint density at radius 1 is 0.909 bits per heavy atom. The summed E-state index contributed by atoms with van der Waals surface area (Å²) in [5, 5.41) is 18.0. The first kappa shape index (κ1) is 31.1. The Balaban J connectivity index is 1.44. The number of anilines is 2. The van der Waals surface area contributed by atoms with Crippen LogP contribution in [0.25, 0.3) is 11.5 Å². The van der Waals surface area contributed by atoms with Gasteiger partial charge in [0.25, 0.3) is 0 Å². The maximum absolute atomic E-state index is 14.2. The third-order valence-electron chi connectivity index (χ3n) is 6.27. The van der Waals surface area contributed by atoms with Crippen LogP contribution in [0.3, 0.4) is 0 Å². The summed E-state index contributed by atoms with van der Waals surface area (Å²) in [7, 11) is -5.73. The molecule has 1 aromatic heterocycles. The van der Waals surface area contributed by atoms with E-state index in [9.17, 15) is 23.2 Å². The summed E-state index contributed by atoms with van der Waals surface area (Å²) in [6.45, 7) is 0.00439. The van der Waals surface area contributed by atoms with Crippen LogP contribution in [0.2, 0.25) is 10.0 Å². The smallest absolute Gasteiger partial charge is 0.399 e. The molecule has 15 heteroatoms. The van der Waals surface area contributed by atoms with Gasteiger partial charge in [-0.25, -0.2) is 4.79 Å². The minimum absolute atomic E-state index is 0.00323. The number of ether oxygens (including phenoxy) is 1. The summed E-state index contributed by atoms with van der Waals surface area (Å²) in [4.78, 5) is 30.9. The molecule has 3 N–H and O–H groups in total. The predicted octanol–water partition coefficient (Wildman–Crippen LogP) is 8.10. The Morgan fingerprint density at radius 3 is 2.25 bits per heavy atom. The van der Waals surface area contributed by atoms with Crippen molar-refractivity contribution in [2.75, 3.05) is 4.90 Å². The topological polar surface area (TPSA) is 146 Å². The minimum Gasteiger partial charge on any atom is -0.478 e. The molecule has 4 aromatic carbocycles. The van der Waals surface area contributed by atoms with Crippen molar-refractivity contribution in [2.24, 2.45) is 0 Å². The molecule has 0 radical (unpaired) electrons. The Bertz CT molecular complexity index is 1880. The normalized spacial score (nSPS) is 11.8. The second-order valence-electron chi connectivity index (χ2n) is 9.32. The van der Waals surface area contributed by atoms with Gasteiger partial charge in [0.15, 0.2) is 0 Å². The monoisotopic (exact) mass is 661 g/mol. The number of aromatic nitrogens is 2. The Hall–Kier alpha value is -4.32. The number of aromatic carboxylic acids is 1. The quantitative estimate of drug-likeness (QED) is 0.125. The van der Waals surface area contributed by atoms with Gasteiger partial charge < -0.3 is 24.0 Å². The number of halogens is 4. The summed E-state index contributed by atoms with van der Waals surface area (Å²) in [5.74, 6) is -0.308. The van der Waals surface area contributed by atoms with E-state index in [1.807, 2.05) is 0 Å². The van der Waals surface area contributed by atoms with Gasteiger partial charge in [-0.1, -0.05) is 64.7 Å². The molecule has 44 heavy (non-hydrogen) atoms. The van der Waals surface area contributed by atoms with Crippen LogP contribution in [-0.4, -0.2) is 31.1 Å². The van der Waals surface area contributed by atoms with Gasteiger partial charge in [0.1, 0.15) is 11.5 Å². The second kappa shape index (κ2) is 12.4. The Labute approximate surface area is 258 Å². The summed E-state index contributed by atoms with van der Waals surface area (Å²) >= 11 is 12.3. The molecule has 0 amide bonds. The van der Waals surface area contributed by atoms with Crippen LogP contribution in [0, 0.1) is 0 Å². The van der Waals surface area contributed by atoms with Gasteiger partial charge in [-0.15, -0.1) is 5.10 Å². The SMILES string of the molecule is O=C(O)c1cccc(Oc2cccc(-c3nnc(N(Cc4ccc(C(F)(F)P(=O)(O)O)cc4)c4ccc(Cl)c(Cl)c4)o3)c2)c1. The Morgan fingerprint density at radius 2 is 1.59 bits per heavy atom. The van der Waals surface area contributed by atoms with Crippen molar-refractivity contribution in [3.63, 3.8) is 0 Å². The predicted molar refractivity (Wildman–Crippen MR) is 158 cm³/mol. The number of rotatable bonds is 10. The number of hydrogen-bond donors (Lipinski definition) is 3. The van der Waals surface area contributed by atoms with Crippen molar-refractivity contribution in [3.8, 4) is 23.0 Å². The third-order valence-corrected chi connectivity index (χ3v) is 7.99. The molecular formula is C29H20Cl2F2N3O7P. The van der Waals surface area contributed by atoms with Crippen LogP contribution in [-0.2, 0) is 16.8 Å². The summed E-state index contributed by atoms with van der Waals surface area (Å²) in [5.41, 5.74) is -3.73. The van der Waals surface area contributed by atoms with Crippen LogP contribution in [0.4, 0.5) is 20.5 Å². The zero-order chi connectivity index (χ0) is 31.6. The van der Waals surface area contributed by atoms with E-state index in [1.54, 1.807) is 59.5 Å². The van der Waals surface area contributed by atoms with E-state index in [0.29, 0.717) is 28.3 Å². The van der Waals surface area contributed by atoms with Crippen LogP contribution in [0.15, 0.2) is 95.4 Å². The van der Waals surface area contributed by atoms with E-state index < -0.39 is 24.8 Å². The number of hydrogen-bond acceptors (Lipinski definition) is 7. The maximum Gasteiger partial charge on any atom is 0.399 e. The van der Waals surface area contributed by atoms with Gasteiger partial charge in [-0.3, -0.25) is 9.46 Å². The lowest BCUT2D eigenvalue weighted by molar-refractivity contribution is 0.0564. The lowest BCUT2D eigenvalue weighted by Crippen LogP contribution is -2.18. The molecule has 0 saturated carbocycles. The lowest BCUT2D eigenvalue weighted by Gasteiger charge is -2.22. The molecule has 0 fully saturated rings. The molecule has 0 aliphatic rings. The van der Waals surface area contributed by atoms with Gasteiger partial charge in [0.05, 0.1) is 22.2 Å². The van der Waals surface area contributed by atoms with Crippen molar-refractivity contribution in [1.82, 2.24) is 10.2 Å². The first-order chi connectivity index (χ1) is 20.8. The second-order valence-corrected chi connectivity index (χ2v) is 11.8. The molecule has 0 atom stereocenters. The van der Waals surface area contributed by atoms with Crippen LogP contribution in [0.1, 0.15) is 21.5 Å². The van der Waals surface area contributed by atoms with E-state index >= 15 is 0 Å². The summed E-state index contributed by atoms with van der Waals surface area (Å²) in [6.07, 6.45) is 0. The average molecular weight is 662 g/mol. The zero-order valence-corrected chi connectivity index (χ0v) is 24.5. The van der Waals surface area contributed by atoms with Gasteiger partial charge in [0.2, 0.25) is 5.89 Å². The summed E-state index contributed by atoms with van der Waals surface area (Å²) < 4.78 is 51.4. The number of nitrogens with zero attached hydrogens (tertiary/aromatic N) is 3. The van der Waals surface area contributed by atoms with E-state index in [-0.39, 0.29) is 34.1 Å². The molecule has 10 nitrogen and oxygen atoms in total. The molecule has 0 bridgehead atoms. The maximum atomic E-state index is 14.2. The fourth-order valence-corrected chi connectivity index (χ4v) is 4.82. The highest BCUT2D eigenvalue weighted by atomic mass is 35.5. The average Bonchev–Trinajstić information content (AvgIpc) is 3.47. The molecule has 226 valence electrons. The molecule has 0 saturated heterocycles. The highest BCUT2D eigenvalue weighted by Gasteiger charge is 2.50. The zero-order valence-electron chi connectivity index (χ0n) is 22.1. The molecule has 5 rings (SSSR count). The first-order valence-corrected chi connectivity index (χ1v) is 14.9. The molecule has 0 spiro atoms. The van der Waals surface area contributed by atoms with E-state index in [2.05, 4.69) is 10.2 Å². The van der Waals surface area contributed by atoms with Crippen molar-refractivity contribution in [2.45, 2.75) is 12.2 Å². The van der Waals surface area contributed by atoms with Crippen LogP contribution in [0.5, 0.6) is 11.5 Å². The largest absolute Gasteiger partial charge is 0.478 e.